The fourth-order valence-electron chi connectivity index (χ4n) is 10.2. The molecule has 2 aromatic heterocycles. The van der Waals surface area contributed by atoms with Crippen LogP contribution < -0.4 is 20.2 Å². The minimum absolute atomic E-state index is 0.275. The maximum atomic E-state index is 14.4. The summed E-state index contributed by atoms with van der Waals surface area (Å²) < 4.78 is 33.5. The number of para-hydroxylation sites is 4. The van der Waals surface area contributed by atoms with Crippen molar-refractivity contribution < 1.29 is 8.78 Å². The standard InChI is InChI=1S/C62H46F2N4Si/c1-69(2,53-35-29-49(30-36-53)65(47-25-21-43(63)22-26-47)51-33-39-61-57(41-51)55-17-9-11-19-59(55)67(61)45-13-5-3-6-14-45)54-37-31-50(32-38-54)66(48-27-23-44(64)24-28-48)52-34-40-62-58(42-52)56-18-10-12-20-60(56)68(62)46-15-7-4-8-16-46/h3-42H,1-2H3. The molecule has 2 heterocycles. The molecule has 0 atom stereocenters. The largest absolute Gasteiger partial charge is 0.310 e. The van der Waals surface area contributed by atoms with Crippen molar-refractivity contribution in [2.24, 2.45) is 0 Å². The summed E-state index contributed by atoms with van der Waals surface area (Å²) in [5.74, 6) is -0.550. The predicted molar refractivity (Wildman–Crippen MR) is 288 cm³/mol. The molecule has 0 unspecified atom stereocenters. The highest BCUT2D eigenvalue weighted by Crippen LogP contribution is 2.42. The molecule has 0 saturated heterocycles. The molecule has 4 nitrogen and oxygen atoms in total. The molecule has 0 N–H and O–H groups in total. The number of benzene rings is 10. The maximum Gasteiger partial charge on any atom is 0.123 e. The van der Waals surface area contributed by atoms with Crippen LogP contribution in [0.15, 0.2) is 243 Å². The molecule has 332 valence electrons. The van der Waals surface area contributed by atoms with Gasteiger partial charge in [-0.25, -0.2) is 8.78 Å². The number of halogens is 2. The minimum Gasteiger partial charge on any atom is -0.310 e. The van der Waals surface area contributed by atoms with Gasteiger partial charge in [0, 0.05) is 67.0 Å². The number of rotatable bonds is 10. The van der Waals surface area contributed by atoms with Gasteiger partial charge >= 0.3 is 0 Å². The van der Waals surface area contributed by atoms with Crippen LogP contribution in [0.3, 0.4) is 0 Å². The van der Waals surface area contributed by atoms with Crippen molar-refractivity contribution in [2.75, 3.05) is 9.80 Å². The van der Waals surface area contributed by atoms with Gasteiger partial charge in [0.1, 0.15) is 19.7 Å². The Morgan fingerprint density at radius 3 is 0.986 bits per heavy atom. The number of anilines is 6. The Bertz CT molecular complexity index is 3560. The lowest BCUT2D eigenvalue weighted by Gasteiger charge is -2.29. The van der Waals surface area contributed by atoms with Crippen LogP contribution >= 0.6 is 0 Å². The first-order valence-corrected chi connectivity index (χ1v) is 26.3. The Morgan fingerprint density at radius 2 is 0.609 bits per heavy atom. The molecule has 7 heteroatoms. The summed E-state index contributed by atoms with van der Waals surface area (Å²) in [5, 5.41) is 7.19. The van der Waals surface area contributed by atoms with Crippen molar-refractivity contribution in [1.29, 1.82) is 0 Å². The minimum atomic E-state index is -2.24. The first kappa shape index (κ1) is 41.9. The second-order valence-corrected chi connectivity index (χ2v) is 22.5. The third-order valence-electron chi connectivity index (χ3n) is 13.7. The molecule has 10 aromatic carbocycles. The molecule has 0 aliphatic heterocycles. The van der Waals surface area contributed by atoms with E-state index in [2.05, 4.69) is 214 Å². The van der Waals surface area contributed by atoms with Gasteiger partial charge in [-0.1, -0.05) is 121 Å². The summed E-state index contributed by atoms with van der Waals surface area (Å²) in [7, 11) is -2.24. The van der Waals surface area contributed by atoms with E-state index in [0.717, 1.165) is 78.3 Å². The fourth-order valence-corrected chi connectivity index (χ4v) is 12.5. The van der Waals surface area contributed by atoms with E-state index in [-0.39, 0.29) is 11.6 Å². The third-order valence-corrected chi connectivity index (χ3v) is 17.3. The molecule has 12 aromatic rings. The molecule has 0 saturated carbocycles. The molecule has 0 radical (unpaired) electrons. The van der Waals surface area contributed by atoms with Gasteiger partial charge in [0.15, 0.2) is 0 Å². The van der Waals surface area contributed by atoms with Gasteiger partial charge in [0.2, 0.25) is 0 Å². The van der Waals surface area contributed by atoms with E-state index >= 15 is 0 Å². The number of aromatic nitrogens is 2. The van der Waals surface area contributed by atoms with Crippen molar-refractivity contribution in [3.63, 3.8) is 0 Å². The lowest BCUT2D eigenvalue weighted by Crippen LogP contribution is -2.52. The number of hydrogen-bond donors (Lipinski definition) is 0. The van der Waals surface area contributed by atoms with Crippen molar-refractivity contribution in [3.05, 3.63) is 254 Å². The first-order chi connectivity index (χ1) is 33.8. The van der Waals surface area contributed by atoms with E-state index in [0.29, 0.717) is 0 Å². The van der Waals surface area contributed by atoms with Gasteiger partial charge in [-0.2, -0.15) is 0 Å². The summed E-state index contributed by atoms with van der Waals surface area (Å²) >= 11 is 0. The van der Waals surface area contributed by atoms with E-state index in [9.17, 15) is 8.78 Å². The average Bonchev–Trinajstić information content (AvgIpc) is 3.91. The Kier molecular flexibility index (Phi) is 10.3. The van der Waals surface area contributed by atoms with E-state index < -0.39 is 8.07 Å². The SMILES string of the molecule is C[Si](C)(c1ccc(N(c2ccc(F)cc2)c2ccc3c(c2)c2ccccc2n3-c2ccccc2)cc1)c1ccc(N(c2ccc(F)cc2)c2ccc3c(c2)c2ccccc2n3-c2ccccc2)cc1. The van der Waals surface area contributed by atoms with Crippen molar-refractivity contribution in [1.82, 2.24) is 9.13 Å². The summed E-state index contributed by atoms with van der Waals surface area (Å²) in [6.45, 7) is 4.78. The Morgan fingerprint density at radius 1 is 0.304 bits per heavy atom. The molecular weight excluding hydrogens is 867 g/mol. The third kappa shape index (κ3) is 7.35. The number of fused-ring (bicyclic) bond motifs is 6. The number of nitrogens with zero attached hydrogens (tertiary/aromatic N) is 4. The molecule has 0 spiro atoms. The summed E-state index contributed by atoms with van der Waals surface area (Å²) in [5.41, 5.74) is 12.4. The van der Waals surface area contributed by atoms with Crippen molar-refractivity contribution in [3.8, 4) is 11.4 Å². The van der Waals surface area contributed by atoms with Gasteiger partial charge in [-0.05, 0) is 146 Å². The van der Waals surface area contributed by atoms with Crippen LogP contribution in [0.4, 0.5) is 42.9 Å². The molecule has 69 heavy (non-hydrogen) atoms. The highest BCUT2D eigenvalue weighted by Gasteiger charge is 2.28. The molecule has 0 aliphatic rings. The van der Waals surface area contributed by atoms with Gasteiger partial charge in [-0.3, -0.25) is 0 Å². The normalized spacial score (nSPS) is 11.8. The second-order valence-electron chi connectivity index (χ2n) is 18.1. The molecular formula is C62H46F2N4Si. The Hall–Kier alpha value is -8.52. The van der Waals surface area contributed by atoms with Crippen LogP contribution in [0.5, 0.6) is 0 Å². The lowest BCUT2D eigenvalue weighted by molar-refractivity contribution is 0.627. The van der Waals surface area contributed by atoms with E-state index in [1.165, 1.54) is 45.4 Å². The highest BCUT2D eigenvalue weighted by molar-refractivity contribution is 7.00. The van der Waals surface area contributed by atoms with Gasteiger partial charge in [0.05, 0.1) is 22.1 Å². The maximum absolute atomic E-state index is 14.4. The summed E-state index contributed by atoms with van der Waals surface area (Å²) in [4.78, 5) is 4.42. The molecule has 0 amide bonds. The van der Waals surface area contributed by atoms with Crippen LogP contribution in [-0.4, -0.2) is 17.2 Å². The van der Waals surface area contributed by atoms with Crippen LogP contribution in [0.2, 0.25) is 13.1 Å². The summed E-state index contributed by atoms with van der Waals surface area (Å²) in [6.07, 6.45) is 0. The monoisotopic (exact) mass is 912 g/mol. The highest BCUT2D eigenvalue weighted by atomic mass is 28.3. The molecule has 0 bridgehead atoms. The zero-order chi connectivity index (χ0) is 46.6. The molecule has 0 fully saturated rings. The molecule has 12 rings (SSSR count). The van der Waals surface area contributed by atoms with Gasteiger partial charge in [0.25, 0.3) is 0 Å². The van der Waals surface area contributed by atoms with Gasteiger partial charge < -0.3 is 18.9 Å². The predicted octanol–water partition coefficient (Wildman–Crippen LogP) is 15.9. The van der Waals surface area contributed by atoms with Crippen LogP contribution in [-0.2, 0) is 0 Å². The van der Waals surface area contributed by atoms with Crippen LogP contribution in [0.1, 0.15) is 0 Å². The second kappa shape index (κ2) is 17.0. The van der Waals surface area contributed by atoms with Crippen LogP contribution in [0, 0.1) is 11.6 Å². The molecule has 0 aliphatic carbocycles. The van der Waals surface area contributed by atoms with Crippen molar-refractivity contribution in [2.45, 2.75) is 13.1 Å². The van der Waals surface area contributed by atoms with E-state index in [1.54, 1.807) is 0 Å². The van der Waals surface area contributed by atoms with E-state index in [4.69, 9.17) is 0 Å². The fraction of sp³-hybridized carbons (Fsp3) is 0.0323. The zero-order valence-corrected chi connectivity index (χ0v) is 39.1. The van der Waals surface area contributed by atoms with Gasteiger partial charge in [-0.15, -0.1) is 0 Å². The van der Waals surface area contributed by atoms with Crippen molar-refractivity contribution >= 4 is 96.2 Å². The number of hydrogen-bond acceptors (Lipinski definition) is 2. The average molecular weight is 913 g/mol. The smallest absolute Gasteiger partial charge is 0.123 e. The zero-order valence-electron chi connectivity index (χ0n) is 38.1. The topological polar surface area (TPSA) is 16.3 Å². The van der Waals surface area contributed by atoms with E-state index in [1.807, 2.05) is 36.4 Å². The first-order valence-electron chi connectivity index (χ1n) is 23.3. The summed E-state index contributed by atoms with van der Waals surface area (Å²) in [6, 6.07) is 82.5. The lowest BCUT2D eigenvalue weighted by atomic mass is 10.1. The quantitative estimate of drug-likeness (QED) is 0.127. The Balaban J connectivity index is 0.898. The Labute approximate surface area is 400 Å². The van der Waals surface area contributed by atoms with Crippen LogP contribution in [0.25, 0.3) is 55.0 Å².